The lowest BCUT2D eigenvalue weighted by Crippen LogP contribution is -2.50. The third-order valence-electron chi connectivity index (χ3n) is 11.0. The molecule has 14 heteroatoms. The van der Waals surface area contributed by atoms with E-state index < -0.39 is 36.0 Å². The molecule has 3 aliphatic heterocycles. The van der Waals surface area contributed by atoms with Gasteiger partial charge in [0, 0.05) is 31.0 Å². The van der Waals surface area contributed by atoms with E-state index in [2.05, 4.69) is 29.0 Å². The maximum Gasteiger partial charge on any atom is 0.308 e. The van der Waals surface area contributed by atoms with Gasteiger partial charge in [-0.05, 0) is 76.5 Å². The molecule has 10 atom stereocenters. The van der Waals surface area contributed by atoms with Crippen molar-refractivity contribution in [1.82, 2.24) is 10.6 Å². The summed E-state index contributed by atoms with van der Waals surface area (Å²) in [6, 6.07) is 5.40. The van der Waals surface area contributed by atoms with Crippen molar-refractivity contribution in [3.8, 4) is 0 Å². The molecule has 3 aliphatic rings. The number of rotatable bonds is 18. The van der Waals surface area contributed by atoms with E-state index in [-0.39, 0.29) is 72.6 Å². The average molecular weight is 809 g/mol. The monoisotopic (exact) mass is 808 g/mol. The topological polar surface area (TPSA) is 197 Å². The first-order valence-corrected chi connectivity index (χ1v) is 20.5. The third-order valence-corrected chi connectivity index (χ3v) is 11.0. The molecule has 0 bridgehead atoms. The fourth-order valence-corrected chi connectivity index (χ4v) is 7.17. The Morgan fingerprint density at radius 1 is 1.00 bits per heavy atom. The highest BCUT2D eigenvalue weighted by molar-refractivity contribution is 5.98. The van der Waals surface area contributed by atoms with Crippen molar-refractivity contribution < 1.29 is 47.7 Å². The summed E-state index contributed by atoms with van der Waals surface area (Å²) in [5.74, 6) is -1.73. The molecule has 3 amide bonds. The lowest BCUT2D eigenvalue weighted by Gasteiger charge is -2.39. The number of aryl methyl sites for hydroxylation is 1. The Bertz CT molecular complexity index is 1690. The second-order valence-corrected chi connectivity index (χ2v) is 16.4. The van der Waals surface area contributed by atoms with Crippen LogP contribution in [0.2, 0.25) is 0 Å². The van der Waals surface area contributed by atoms with Crippen LogP contribution in [0.4, 0.5) is 5.69 Å². The van der Waals surface area contributed by atoms with Crippen molar-refractivity contribution in [2.75, 3.05) is 19.0 Å². The predicted octanol–water partition coefficient (Wildman–Crippen LogP) is 4.60. The Morgan fingerprint density at radius 3 is 2.41 bits per heavy atom. The molecule has 0 aliphatic carbocycles. The number of nitrogens with one attached hydrogen (secondary N) is 3. The zero-order chi connectivity index (χ0) is 42.6. The number of carbonyl (C=O) groups excluding carboxylic acids is 5. The number of benzene rings is 1. The van der Waals surface area contributed by atoms with Gasteiger partial charge >= 0.3 is 11.9 Å². The third kappa shape index (κ3) is 14.5. The summed E-state index contributed by atoms with van der Waals surface area (Å²) >= 11 is 0. The maximum atomic E-state index is 12.9. The van der Waals surface area contributed by atoms with Crippen LogP contribution in [0.15, 0.2) is 60.2 Å². The van der Waals surface area contributed by atoms with Crippen LogP contribution in [0.25, 0.3) is 0 Å². The minimum absolute atomic E-state index is 0.00604. The van der Waals surface area contributed by atoms with Crippen LogP contribution in [0.3, 0.4) is 0 Å². The van der Waals surface area contributed by atoms with Gasteiger partial charge in [0.05, 0.1) is 62.2 Å². The number of epoxide rings is 1. The number of anilines is 1. The summed E-state index contributed by atoms with van der Waals surface area (Å²) in [5, 5.41) is 8.51. The van der Waals surface area contributed by atoms with Crippen molar-refractivity contribution in [3.63, 3.8) is 0 Å². The molecule has 0 aromatic heterocycles. The quantitative estimate of drug-likeness (QED) is 0.0700. The number of methoxy groups -OCH3 is 1. The highest BCUT2D eigenvalue weighted by Crippen LogP contribution is 2.43. The van der Waals surface area contributed by atoms with Gasteiger partial charge in [0.2, 0.25) is 17.7 Å². The number of nitrogens with two attached hydrogens (primary N) is 1. The average Bonchev–Trinajstić information content (AvgIpc) is 3.92. The number of allylic oxidation sites excluding steroid dienone is 2. The van der Waals surface area contributed by atoms with E-state index in [1.54, 1.807) is 32.1 Å². The van der Waals surface area contributed by atoms with Gasteiger partial charge in [0.15, 0.2) is 0 Å². The normalized spacial score (nSPS) is 27.5. The van der Waals surface area contributed by atoms with Crippen molar-refractivity contribution in [3.05, 3.63) is 65.8 Å². The molecule has 1 spiro atoms. The lowest BCUT2D eigenvalue weighted by molar-refractivity contribution is -0.147. The van der Waals surface area contributed by atoms with Crippen LogP contribution in [0.1, 0.15) is 92.6 Å². The standard InChI is InChI=1S/C44H64N4O10/c1-26(2)41(45)43(53)46-30(6)42(52)48-35-12-10-9-11-32(35)16-20-39(50)56-29(5)15-19-38(49)47-36-21-28(4)37(57-31(36)7)18-14-27(3)13-17-33-23-44(25-55-44)24-34(58-33)22-40(51)54-8/h9-15,17,19,26,28-31,33-34,36-37,41H,16,18,20-25,45H2,1-8H3,(H,46,53)(H,47,49)(H,48,52)/b17-13+,19-15-,27-14+/t28-,29-,30-,31+,33+,34+,36+,37-,41-,44+/m0/s1. The van der Waals surface area contributed by atoms with E-state index in [9.17, 15) is 24.0 Å². The molecule has 320 valence electrons. The number of esters is 2. The van der Waals surface area contributed by atoms with Gasteiger partial charge in [-0.3, -0.25) is 24.0 Å². The molecule has 3 saturated heterocycles. The van der Waals surface area contributed by atoms with E-state index in [1.165, 1.54) is 13.2 Å². The number of para-hydroxylation sites is 1. The Hall–Kier alpha value is -4.37. The molecule has 1 aromatic carbocycles. The SMILES string of the molecule is COC(=O)C[C@@H]1C[C@@]2(CO2)C[C@@H](/C=C/C(C)=C/C[C@@H]2O[C@H](C)[C@H](NC(=O)/C=C\[C@H](C)OC(=O)CCc3ccccc3NC(=O)[C@H](C)NC(=O)[C@@H](N)C(C)C)C[C@@H]2C)O1. The van der Waals surface area contributed by atoms with Gasteiger partial charge in [0.25, 0.3) is 0 Å². The van der Waals surface area contributed by atoms with Crippen LogP contribution in [-0.2, 0) is 54.1 Å². The summed E-state index contributed by atoms with van der Waals surface area (Å²) in [6.45, 7) is 13.7. The molecule has 14 nitrogen and oxygen atoms in total. The number of carbonyl (C=O) groups is 5. The predicted molar refractivity (Wildman–Crippen MR) is 219 cm³/mol. The highest BCUT2D eigenvalue weighted by Gasteiger charge is 2.51. The van der Waals surface area contributed by atoms with E-state index in [0.29, 0.717) is 25.1 Å². The number of amides is 3. The highest BCUT2D eigenvalue weighted by atomic mass is 16.6. The molecule has 1 aromatic rings. The minimum Gasteiger partial charge on any atom is -0.469 e. The summed E-state index contributed by atoms with van der Waals surface area (Å²) < 4.78 is 28.6. The number of hydrogen-bond acceptors (Lipinski definition) is 11. The number of hydrogen-bond donors (Lipinski definition) is 4. The van der Waals surface area contributed by atoms with Crippen molar-refractivity contribution in [2.45, 2.75) is 148 Å². The van der Waals surface area contributed by atoms with Crippen molar-refractivity contribution >= 4 is 35.3 Å². The van der Waals surface area contributed by atoms with Crippen LogP contribution in [0, 0.1) is 11.8 Å². The van der Waals surface area contributed by atoms with Gasteiger partial charge in [-0.2, -0.15) is 0 Å². The summed E-state index contributed by atoms with van der Waals surface area (Å²) in [4.78, 5) is 62.5. The fraction of sp³-hybridized carbons (Fsp3) is 0.614. The summed E-state index contributed by atoms with van der Waals surface area (Å²) in [7, 11) is 1.38. The molecule has 3 fully saturated rings. The molecular formula is C44H64N4O10. The second-order valence-electron chi connectivity index (χ2n) is 16.4. The molecule has 5 N–H and O–H groups in total. The fourth-order valence-electron chi connectivity index (χ4n) is 7.17. The van der Waals surface area contributed by atoms with E-state index in [1.807, 2.05) is 52.0 Å². The Balaban J connectivity index is 1.17. The lowest BCUT2D eigenvalue weighted by atomic mass is 9.88. The first-order chi connectivity index (χ1) is 27.5. The molecule has 3 heterocycles. The van der Waals surface area contributed by atoms with Crippen LogP contribution in [-0.4, -0.2) is 97.6 Å². The maximum absolute atomic E-state index is 12.9. The van der Waals surface area contributed by atoms with Gasteiger partial charge in [-0.1, -0.05) is 62.8 Å². The molecule has 58 heavy (non-hydrogen) atoms. The van der Waals surface area contributed by atoms with Crippen LogP contribution >= 0.6 is 0 Å². The van der Waals surface area contributed by atoms with Crippen molar-refractivity contribution in [1.29, 1.82) is 0 Å². The molecular weight excluding hydrogens is 745 g/mol. The largest absolute Gasteiger partial charge is 0.469 e. The molecule has 0 unspecified atom stereocenters. The Kier molecular flexibility index (Phi) is 17.2. The van der Waals surface area contributed by atoms with Gasteiger partial charge in [0.1, 0.15) is 12.1 Å². The van der Waals surface area contributed by atoms with E-state index in [0.717, 1.165) is 30.4 Å². The second kappa shape index (κ2) is 21.6. The summed E-state index contributed by atoms with van der Waals surface area (Å²) in [6.07, 6.45) is 11.5. The van der Waals surface area contributed by atoms with E-state index >= 15 is 0 Å². The minimum atomic E-state index is -0.814. The molecule has 0 saturated carbocycles. The smallest absolute Gasteiger partial charge is 0.308 e. The Labute approximate surface area is 343 Å². The number of ether oxygens (including phenoxy) is 5. The Morgan fingerprint density at radius 2 is 1.72 bits per heavy atom. The first kappa shape index (κ1) is 46.3. The van der Waals surface area contributed by atoms with Crippen molar-refractivity contribution in [2.24, 2.45) is 17.6 Å². The van der Waals surface area contributed by atoms with Crippen LogP contribution < -0.4 is 21.7 Å². The molecule has 4 rings (SSSR count). The van der Waals surface area contributed by atoms with Gasteiger partial charge in [-0.25, -0.2) is 0 Å². The summed E-state index contributed by atoms with van der Waals surface area (Å²) in [5.41, 5.74) is 8.05. The zero-order valence-corrected chi connectivity index (χ0v) is 35.3. The first-order valence-electron chi connectivity index (χ1n) is 20.5. The van der Waals surface area contributed by atoms with Gasteiger partial charge < -0.3 is 45.4 Å². The van der Waals surface area contributed by atoms with E-state index in [4.69, 9.17) is 29.4 Å². The zero-order valence-electron chi connectivity index (χ0n) is 35.3. The molecule has 0 radical (unpaired) electrons. The van der Waals surface area contributed by atoms with Crippen LogP contribution in [0.5, 0.6) is 0 Å². The van der Waals surface area contributed by atoms with Gasteiger partial charge in [-0.15, -0.1) is 0 Å².